The van der Waals surface area contributed by atoms with Crippen LogP contribution in [-0.2, 0) is 11.2 Å². The second kappa shape index (κ2) is 10.2. The monoisotopic (exact) mass is 504 g/mol. The summed E-state index contributed by atoms with van der Waals surface area (Å²) in [5.41, 5.74) is 2.85. The molecule has 1 saturated heterocycles. The first-order valence-corrected chi connectivity index (χ1v) is 13.0. The molecule has 0 aliphatic carbocycles. The van der Waals surface area contributed by atoms with Crippen molar-refractivity contribution < 1.29 is 14.5 Å². The number of benzene rings is 2. The van der Waals surface area contributed by atoms with E-state index in [1.807, 2.05) is 30.0 Å². The number of hydrogen-bond acceptors (Lipinski definition) is 6. The van der Waals surface area contributed by atoms with Crippen LogP contribution in [0.1, 0.15) is 39.3 Å². The van der Waals surface area contributed by atoms with Crippen molar-refractivity contribution in [3.8, 4) is 0 Å². The third-order valence-electron chi connectivity index (χ3n) is 7.18. The molecule has 2 amide bonds. The first-order valence-electron chi connectivity index (χ1n) is 12.1. The van der Waals surface area contributed by atoms with Gasteiger partial charge in [-0.15, -0.1) is 11.3 Å². The third-order valence-corrected chi connectivity index (χ3v) is 8.17. The van der Waals surface area contributed by atoms with E-state index in [1.165, 1.54) is 40.3 Å². The van der Waals surface area contributed by atoms with Gasteiger partial charge in [0.2, 0.25) is 5.91 Å². The average Bonchev–Trinajstić information content (AvgIpc) is 3.41. The Morgan fingerprint density at radius 1 is 0.944 bits per heavy atom. The number of rotatable bonds is 5. The van der Waals surface area contributed by atoms with E-state index in [0.29, 0.717) is 31.7 Å². The van der Waals surface area contributed by atoms with Gasteiger partial charge in [-0.2, -0.15) is 0 Å². The van der Waals surface area contributed by atoms with Crippen molar-refractivity contribution in [1.82, 2.24) is 14.7 Å². The minimum absolute atomic E-state index is 0.0444. The molecule has 0 spiro atoms. The summed E-state index contributed by atoms with van der Waals surface area (Å²) in [6, 6.07) is 18.0. The van der Waals surface area contributed by atoms with Gasteiger partial charge in [-0.25, -0.2) is 0 Å². The minimum Gasteiger partial charge on any atom is -0.338 e. The van der Waals surface area contributed by atoms with Gasteiger partial charge in [0.05, 0.1) is 17.0 Å². The Morgan fingerprint density at radius 3 is 2.28 bits per heavy atom. The molecule has 2 aliphatic rings. The zero-order valence-electron chi connectivity index (χ0n) is 20.1. The first-order chi connectivity index (χ1) is 17.4. The second-order valence-corrected chi connectivity index (χ2v) is 10.2. The van der Waals surface area contributed by atoms with Gasteiger partial charge in [-0.05, 0) is 48.1 Å². The summed E-state index contributed by atoms with van der Waals surface area (Å²) < 4.78 is 0. The summed E-state index contributed by atoms with van der Waals surface area (Å²) in [6.45, 7) is 4.61. The minimum atomic E-state index is -0.482. The number of nitrogens with zero attached hydrogens (tertiary/aromatic N) is 4. The summed E-state index contributed by atoms with van der Waals surface area (Å²) in [6.07, 6.45) is 0.936. The van der Waals surface area contributed by atoms with Crippen LogP contribution in [0.3, 0.4) is 0 Å². The Hall–Kier alpha value is -3.56. The van der Waals surface area contributed by atoms with Gasteiger partial charge >= 0.3 is 0 Å². The molecule has 9 heteroatoms. The third kappa shape index (κ3) is 4.64. The molecule has 3 aromatic rings. The van der Waals surface area contributed by atoms with Crippen molar-refractivity contribution in [3.63, 3.8) is 0 Å². The second-order valence-electron chi connectivity index (χ2n) is 9.20. The van der Waals surface area contributed by atoms with E-state index < -0.39 is 4.92 Å². The molecule has 2 atom stereocenters. The molecule has 1 fully saturated rings. The quantitative estimate of drug-likeness (QED) is 0.388. The van der Waals surface area contributed by atoms with Gasteiger partial charge in [0, 0.05) is 55.3 Å². The van der Waals surface area contributed by atoms with Crippen LogP contribution in [0.5, 0.6) is 0 Å². The van der Waals surface area contributed by atoms with Gasteiger partial charge in [-0.3, -0.25) is 24.6 Å². The summed E-state index contributed by atoms with van der Waals surface area (Å²) in [5.74, 6) is -0.0905. The lowest BCUT2D eigenvalue weighted by molar-refractivity contribution is -0.384. The Kier molecular flexibility index (Phi) is 6.84. The number of amides is 2. The Bertz CT molecular complexity index is 1250. The van der Waals surface area contributed by atoms with Crippen molar-refractivity contribution in [3.05, 3.63) is 97.7 Å². The maximum atomic E-state index is 13.6. The number of non-ortho nitro benzene ring substituents is 1. The zero-order chi connectivity index (χ0) is 25.2. The number of carbonyl (C=O) groups excluding carboxylic acids is 2. The lowest BCUT2D eigenvalue weighted by atomic mass is 9.92. The lowest BCUT2D eigenvalue weighted by Crippen LogP contribution is -2.56. The SMILES string of the molecule is C[C@H](C(=O)N1CCN(C(=O)c2ccc([N+](=O)[O-])cc2)CC1)N1CCc2sccc2[C@@H]1c1ccccc1. The smallest absolute Gasteiger partial charge is 0.269 e. The van der Waals surface area contributed by atoms with E-state index in [1.54, 1.807) is 16.2 Å². The number of nitro benzene ring substituents is 1. The average molecular weight is 505 g/mol. The van der Waals surface area contributed by atoms with Crippen LogP contribution in [0.4, 0.5) is 5.69 Å². The topological polar surface area (TPSA) is 87.0 Å². The first kappa shape index (κ1) is 24.1. The molecule has 0 radical (unpaired) electrons. The molecular formula is C27H28N4O4S. The highest BCUT2D eigenvalue weighted by Gasteiger charge is 2.37. The van der Waals surface area contributed by atoms with Gasteiger partial charge in [0.15, 0.2) is 0 Å². The molecular weight excluding hydrogens is 476 g/mol. The summed E-state index contributed by atoms with van der Waals surface area (Å²) in [5, 5.41) is 13.0. The van der Waals surface area contributed by atoms with Crippen molar-refractivity contribution in [2.75, 3.05) is 32.7 Å². The fourth-order valence-corrected chi connectivity index (χ4v) is 6.11. The fourth-order valence-electron chi connectivity index (χ4n) is 5.20. The molecule has 2 aliphatic heterocycles. The standard InChI is InChI=1S/C27H28N4O4S/c1-19(30-13-11-24-23(12-18-36-24)25(30)20-5-3-2-4-6-20)26(32)28-14-16-29(17-15-28)27(33)21-7-9-22(10-8-21)31(34)35/h2-10,12,18-19,25H,11,13-17H2,1H3/t19-,25+/m1/s1. The Morgan fingerprint density at radius 2 is 1.61 bits per heavy atom. The molecule has 0 N–H and O–H groups in total. The lowest BCUT2D eigenvalue weighted by Gasteiger charge is -2.42. The van der Waals surface area contributed by atoms with Crippen molar-refractivity contribution >= 4 is 28.8 Å². The number of piperazine rings is 1. The molecule has 5 rings (SSSR count). The molecule has 0 bridgehead atoms. The van der Waals surface area contributed by atoms with E-state index in [2.05, 4.69) is 28.5 Å². The van der Waals surface area contributed by atoms with Crippen LogP contribution in [0, 0.1) is 10.1 Å². The van der Waals surface area contributed by atoms with E-state index in [-0.39, 0.29) is 29.6 Å². The van der Waals surface area contributed by atoms with Crippen LogP contribution < -0.4 is 0 Å². The maximum Gasteiger partial charge on any atom is 0.269 e. The summed E-state index contributed by atoms with van der Waals surface area (Å²) >= 11 is 1.78. The normalized spacial score (nSPS) is 19.0. The molecule has 8 nitrogen and oxygen atoms in total. The van der Waals surface area contributed by atoms with E-state index in [0.717, 1.165) is 13.0 Å². The van der Waals surface area contributed by atoms with E-state index >= 15 is 0 Å². The fraction of sp³-hybridized carbons (Fsp3) is 0.333. The highest BCUT2D eigenvalue weighted by Crippen LogP contribution is 2.39. The Balaban J connectivity index is 1.26. The molecule has 0 saturated carbocycles. The van der Waals surface area contributed by atoms with Crippen molar-refractivity contribution in [2.24, 2.45) is 0 Å². The summed E-state index contributed by atoms with van der Waals surface area (Å²) in [7, 11) is 0. The number of nitro groups is 1. The number of hydrogen-bond donors (Lipinski definition) is 0. The predicted octanol–water partition coefficient (Wildman–Crippen LogP) is 3.98. The molecule has 2 aromatic carbocycles. The van der Waals surface area contributed by atoms with Gasteiger partial charge in [-0.1, -0.05) is 30.3 Å². The van der Waals surface area contributed by atoms with Crippen LogP contribution in [0.15, 0.2) is 66.0 Å². The molecule has 3 heterocycles. The predicted molar refractivity (Wildman–Crippen MR) is 138 cm³/mol. The highest BCUT2D eigenvalue weighted by atomic mass is 32.1. The van der Waals surface area contributed by atoms with Gasteiger partial charge < -0.3 is 9.80 Å². The van der Waals surface area contributed by atoms with Crippen molar-refractivity contribution in [1.29, 1.82) is 0 Å². The van der Waals surface area contributed by atoms with Gasteiger partial charge in [0.25, 0.3) is 11.6 Å². The highest BCUT2D eigenvalue weighted by molar-refractivity contribution is 7.10. The molecule has 1 aromatic heterocycles. The zero-order valence-corrected chi connectivity index (χ0v) is 20.9. The van der Waals surface area contributed by atoms with Crippen LogP contribution in [0.25, 0.3) is 0 Å². The van der Waals surface area contributed by atoms with Crippen LogP contribution in [0.2, 0.25) is 0 Å². The van der Waals surface area contributed by atoms with Crippen molar-refractivity contribution in [2.45, 2.75) is 25.4 Å². The molecule has 36 heavy (non-hydrogen) atoms. The summed E-state index contributed by atoms with van der Waals surface area (Å²) in [4.78, 5) is 44.1. The van der Waals surface area contributed by atoms with Crippen LogP contribution >= 0.6 is 11.3 Å². The maximum absolute atomic E-state index is 13.6. The van der Waals surface area contributed by atoms with E-state index in [9.17, 15) is 19.7 Å². The largest absolute Gasteiger partial charge is 0.338 e. The number of carbonyl (C=O) groups is 2. The molecule has 186 valence electrons. The van der Waals surface area contributed by atoms with E-state index in [4.69, 9.17) is 0 Å². The van der Waals surface area contributed by atoms with Crippen LogP contribution in [-0.4, -0.2) is 70.2 Å². The number of thiophene rings is 1. The van der Waals surface area contributed by atoms with Gasteiger partial charge in [0.1, 0.15) is 0 Å². The molecule has 0 unspecified atom stereocenters. The Labute approximate surface area is 213 Å². The number of fused-ring (bicyclic) bond motifs is 1.